The number of hydrogen-bond acceptors (Lipinski definition) is 8. The molecule has 1 aliphatic heterocycles. The number of nitrogens with one attached hydrogen (secondary N) is 1. The summed E-state index contributed by atoms with van der Waals surface area (Å²) in [5.74, 6) is -0.683. The number of ether oxygens (including phenoxy) is 2. The minimum Gasteiger partial charge on any atom is -0.469 e. The predicted molar refractivity (Wildman–Crippen MR) is 70.1 cm³/mol. The summed E-state index contributed by atoms with van der Waals surface area (Å²) >= 11 is 0. The highest BCUT2D eigenvalue weighted by molar-refractivity contribution is 5.72. The Kier molecular flexibility index (Phi) is 4.76. The molecule has 0 bridgehead atoms. The van der Waals surface area contributed by atoms with Crippen LogP contribution in [0.4, 0.5) is 0 Å². The van der Waals surface area contributed by atoms with Crippen LogP contribution >= 0.6 is 0 Å². The maximum atomic E-state index is 11.8. The third kappa shape index (κ3) is 2.95. The highest BCUT2D eigenvalue weighted by atomic mass is 16.6. The molecular formula is C12H16N2O8. The number of aromatic amines is 1. The number of H-pyrrole nitrogens is 1. The molecule has 0 spiro atoms. The van der Waals surface area contributed by atoms with Gasteiger partial charge >= 0.3 is 11.7 Å². The summed E-state index contributed by atoms with van der Waals surface area (Å²) in [7, 11) is 1.15. The maximum Gasteiger partial charge on any atom is 0.330 e. The van der Waals surface area contributed by atoms with Gasteiger partial charge < -0.3 is 24.8 Å². The molecule has 10 heteroatoms. The van der Waals surface area contributed by atoms with Gasteiger partial charge in [0.2, 0.25) is 0 Å². The Morgan fingerprint density at radius 3 is 2.64 bits per heavy atom. The second-order valence-corrected chi connectivity index (χ2v) is 4.80. The molecule has 2 rings (SSSR count). The molecular weight excluding hydrogens is 300 g/mol. The standard InChI is InChI=1S/C12H16N2O8/c1-21-7(16)2-5-3-14(12(20)13-10(5)19)11-9(18)8(17)6(4-15)22-11/h3,6,8-9,11,15,17-18H,2,4H2,1H3,(H,13,19,20)/t6-,8?,9+,11-/m1/s1. The van der Waals surface area contributed by atoms with E-state index in [2.05, 4.69) is 4.74 Å². The average molecular weight is 316 g/mol. The van der Waals surface area contributed by atoms with E-state index in [1.54, 1.807) is 0 Å². The number of aromatic nitrogens is 2. The number of hydrogen-bond donors (Lipinski definition) is 4. The second kappa shape index (κ2) is 6.40. The third-order valence-electron chi connectivity index (χ3n) is 3.40. The number of esters is 1. The molecule has 1 unspecified atom stereocenters. The summed E-state index contributed by atoms with van der Waals surface area (Å²) in [6.45, 7) is -0.554. The van der Waals surface area contributed by atoms with Crippen molar-refractivity contribution < 1.29 is 29.6 Å². The topological polar surface area (TPSA) is 151 Å². The summed E-state index contributed by atoms with van der Waals surface area (Å²) < 4.78 is 10.5. The minimum absolute atomic E-state index is 0.0656. The number of aliphatic hydroxyl groups excluding tert-OH is 3. The smallest absolute Gasteiger partial charge is 0.330 e. The van der Waals surface area contributed by atoms with Crippen molar-refractivity contribution >= 4 is 5.97 Å². The van der Waals surface area contributed by atoms with Crippen LogP contribution in [0, 0.1) is 0 Å². The zero-order chi connectivity index (χ0) is 16.4. The number of carbonyl (C=O) groups is 1. The van der Waals surface area contributed by atoms with Crippen molar-refractivity contribution in [1.29, 1.82) is 0 Å². The number of aliphatic hydroxyl groups is 3. The van der Waals surface area contributed by atoms with Crippen LogP contribution in [-0.2, 0) is 20.7 Å². The van der Waals surface area contributed by atoms with Gasteiger partial charge in [-0.1, -0.05) is 0 Å². The summed E-state index contributed by atoms with van der Waals surface area (Å²) in [6, 6.07) is 0. The number of nitrogens with zero attached hydrogens (tertiary/aromatic N) is 1. The van der Waals surface area contributed by atoms with E-state index in [1.807, 2.05) is 4.98 Å². The zero-order valence-corrected chi connectivity index (χ0v) is 11.6. The van der Waals surface area contributed by atoms with Crippen molar-refractivity contribution in [1.82, 2.24) is 9.55 Å². The molecule has 4 N–H and O–H groups in total. The zero-order valence-electron chi connectivity index (χ0n) is 11.6. The quantitative estimate of drug-likeness (QED) is 0.425. The molecule has 4 atom stereocenters. The largest absolute Gasteiger partial charge is 0.469 e. The first-order valence-electron chi connectivity index (χ1n) is 6.42. The van der Waals surface area contributed by atoms with E-state index < -0.39 is 48.4 Å². The number of carbonyl (C=O) groups excluding carboxylic acids is 1. The van der Waals surface area contributed by atoms with Crippen molar-refractivity contribution in [3.05, 3.63) is 32.6 Å². The Bertz CT molecular complexity index is 666. The van der Waals surface area contributed by atoms with Gasteiger partial charge in [-0.2, -0.15) is 0 Å². The van der Waals surface area contributed by atoms with Crippen LogP contribution in [-0.4, -0.2) is 62.9 Å². The minimum atomic E-state index is -1.48. The highest BCUT2D eigenvalue weighted by Crippen LogP contribution is 2.27. The first-order chi connectivity index (χ1) is 10.4. The fourth-order valence-electron chi connectivity index (χ4n) is 2.18. The Balaban J connectivity index is 2.39. The van der Waals surface area contributed by atoms with E-state index in [0.717, 1.165) is 17.9 Å². The molecule has 1 aromatic heterocycles. The van der Waals surface area contributed by atoms with Crippen molar-refractivity contribution in [2.45, 2.75) is 31.0 Å². The molecule has 0 aromatic carbocycles. The van der Waals surface area contributed by atoms with Crippen LogP contribution < -0.4 is 11.2 Å². The number of methoxy groups -OCH3 is 1. The van der Waals surface area contributed by atoms with Gasteiger partial charge in [-0.3, -0.25) is 19.1 Å². The summed E-state index contributed by atoms with van der Waals surface area (Å²) in [4.78, 5) is 36.7. The van der Waals surface area contributed by atoms with Crippen LogP contribution in [0.25, 0.3) is 0 Å². The summed E-state index contributed by atoms with van der Waals surface area (Å²) in [5.41, 5.74) is -1.71. The highest BCUT2D eigenvalue weighted by Gasteiger charge is 2.43. The van der Waals surface area contributed by atoms with Crippen LogP contribution in [0.1, 0.15) is 11.8 Å². The van der Waals surface area contributed by atoms with Gasteiger partial charge in [-0.25, -0.2) is 4.79 Å². The van der Waals surface area contributed by atoms with Gasteiger partial charge in [0.1, 0.15) is 18.3 Å². The molecule has 1 aromatic rings. The van der Waals surface area contributed by atoms with Gasteiger partial charge in [0.25, 0.3) is 5.56 Å². The Morgan fingerprint density at radius 2 is 2.09 bits per heavy atom. The van der Waals surface area contributed by atoms with Gasteiger partial charge in [0.05, 0.1) is 20.1 Å². The van der Waals surface area contributed by atoms with Gasteiger partial charge in [0, 0.05) is 11.8 Å². The lowest BCUT2D eigenvalue weighted by molar-refractivity contribution is -0.139. The van der Waals surface area contributed by atoms with Gasteiger partial charge in [-0.05, 0) is 0 Å². The molecule has 1 aliphatic rings. The Labute approximate surface area is 123 Å². The lowest BCUT2D eigenvalue weighted by Gasteiger charge is -2.17. The lowest BCUT2D eigenvalue weighted by atomic mass is 10.1. The van der Waals surface area contributed by atoms with Crippen LogP contribution in [0.5, 0.6) is 0 Å². The Hall–Kier alpha value is -2.01. The van der Waals surface area contributed by atoms with Gasteiger partial charge in [0.15, 0.2) is 6.23 Å². The fourth-order valence-corrected chi connectivity index (χ4v) is 2.18. The van der Waals surface area contributed by atoms with Crippen LogP contribution in [0.15, 0.2) is 15.8 Å². The van der Waals surface area contributed by atoms with Crippen molar-refractivity contribution in [2.24, 2.45) is 0 Å². The van der Waals surface area contributed by atoms with E-state index in [-0.39, 0.29) is 12.0 Å². The summed E-state index contributed by atoms with van der Waals surface area (Å²) in [5, 5.41) is 28.6. The van der Waals surface area contributed by atoms with E-state index in [1.165, 1.54) is 0 Å². The van der Waals surface area contributed by atoms with Crippen molar-refractivity contribution in [2.75, 3.05) is 13.7 Å². The van der Waals surface area contributed by atoms with E-state index in [4.69, 9.17) is 9.84 Å². The number of rotatable bonds is 4. The normalized spacial score (nSPS) is 27.8. The summed E-state index contributed by atoms with van der Waals surface area (Å²) in [6.07, 6.45) is -4.56. The molecule has 122 valence electrons. The second-order valence-electron chi connectivity index (χ2n) is 4.80. The molecule has 10 nitrogen and oxygen atoms in total. The van der Waals surface area contributed by atoms with Gasteiger partial charge in [-0.15, -0.1) is 0 Å². The third-order valence-corrected chi connectivity index (χ3v) is 3.40. The maximum absolute atomic E-state index is 11.8. The molecule has 2 heterocycles. The molecule has 1 fully saturated rings. The molecule has 0 amide bonds. The SMILES string of the molecule is COC(=O)Cc1cn([C@@H]2O[C@H](CO)C(O)[C@@H]2O)c(=O)[nH]c1=O. The fraction of sp³-hybridized carbons (Fsp3) is 0.583. The van der Waals surface area contributed by atoms with Crippen molar-refractivity contribution in [3.63, 3.8) is 0 Å². The van der Waals surface area contributed by atoms with E-state index in [0.29, 0.717) is 0 Å². The average Bonchev–Trinajstić information content (AvgIpc) is 2.77. The van der Waals surface area contributed by atoms with Crippen LogP contribution in [0.3, 0.4) is 0 Å². The monoisotopic (exact) mass is 316 g/mol. The lowest BCUT2D eigenvalue weighted by Crippen LogP contribution is -2.39. The first kappa shape index (κ1) is 16.4. The molecule has 1 saturated heterocycles. The van der Waals surface area contributed by atoms with E-state index >= 15 is 0 Å². The molecule has 0 aliphatic carbocycles. The Morgan fingerprint density at radius 1 is 1.41 bits per heavy atom. The molecule has 22 heavy (non-hydrogen) atoms. The van der Waals surface area contributed by atoms with Crippen LogP contribution in [0.2, 0.25) is 0 Å². The first-order valence-corrected chi connectivity index (χ1v) is 6.42. The van der Waals surface area contributed by atoms with E-state index in [9.17, 15) is 24.6 Å². The van der Waals surface area contributed by atoms with Crippen molar-refractivity contribution in [3.8, 4) is 0 Å². The predicted octanol–water partition coefficient (Wildman–Crippen LogP) is -3.14. The molecule has 0 radical (unpaired) electrons. The molecule has 0 saturated carbocycles.